The number of methoxy groups -OCH3 is 1. The van der Waals surface area contributed by atoms with Crippen molar-refractivity contribution in [2.45, 2.75) is 37.6 Å². The number of nitriles is 1. The molecule has 0 aliphatic heterocycles. The van der Waals surface area contributed by atoms with Crippen molar-refractivity contribution < 1.29 is 17.9 Å². The number of benzene rings is 1. The molecule has 0 radical (unpaired) electrons. The van der Waals surface area contributed by atoms with Gasteiger partial charge in [-0.15, -0.1) is 0 Å². The first-order valence-corrected chi connectivity index (χ1v) is 6.34. The van der Waals surface area contributed by atoms with Gasteiger partial charge in [-0.1, -0.05) is 0 Å². The van der Waals surface area contributed by atoms with Crippen LogP contribution < -0.4 is 5.32 Å². The minimum Gasteiger partial charge on any atom is -0.382 e. The summed E-state index contributed by atoms with van der Waals surface area (Å²) in [4.78, 5) is 0. The smallest absolute Gasteiger partial charge is 0.382 e. The molecule has 1 saturated carbocycles. The third-order valence-corrected chi connectivity index (χ3v) is 3.53. The molecule has 3 nitrogen and oxygen atoms in total. The number of alkyl halides is 3. The average molecular weight is 284 g/mol. The summed E-state index contributed by atoms with van der Waals surface area (Å²) in [5.41, 5.74) is -0.716. The van der Waals surface area contributed by atoms with Crippen LogP contribution in [0.1, 0.15) is 30.4 Å². The second-order valence-electron chi connectivity index (χ2n) is 4.88. The van der Waals surface area contributed by atoms with Crippen molar-refractivity contribution in [3.8, 4) is 6.07 Å². The van der Waals surface area contributed by atoms with E-state index in [1.807, 2.05) is 0 Å². The fourth-order valence-electron chi connectivity index (χ4n) is 2.49. The van der Waals surface area contributed by atoms with E-state index in [1.54, 1.807) is 13.2 Å². The molecule has 108 valence electrons. The van der Waals surface area contributed by atoms with Crippen LogP contribution in [-0.2, 0) is 10.9 Å². The number of hydrogen-bond donors (Lipinski definition) is 1. The maximum Gasteiger partial charge on any atom is 0.417 e. The van der Waals surface area contributed by atoms with Gasteiger partial charge in [-0.3, -0.25) is 0 Å². The fourth-order valence-corrected chi connectivity index (χ4v) is 2.49. The van der Waals surface area contributed by atoms with Gasteiger partial charge in [0.05, 0.1) is 23.3 Å². The van der Waals surface area contributed by atoms with Crippen LogP contribution in [-0.4, -0.2) is 19.3 Å². The predicted octanol–water partition coefficient (Wildman–Crippen LogP) is 3.56. The van der Waals surface area contributed by atoms with Crippen molar-refractivity contribution in [2.75, 3.05) is 12.4 Å². The third kappa shape index (κ3) is 3.23. The number of anilines is 1. The quantitative estimate of drug-likeness (QED) is 0.923. The van der Waals surface area contributed by atoms with Crippen LogP contribution in [0.5, 0.6) is 0 Å². The summed E-state index contributed by atoms with van der Waals surface area (Å²) < 4.78 is 43.3. The molecule has 0 aromatic heterocycles. The van der Waals surface area contributed by atoms with E-state index in [0.29, 0.717) is 5.69 Å². The molecule has 1 fully saturated rings. The number of nitrogens with one attached hydrogen (secondary N) is 1. The lowest BCUT2D eigenvalue weighted by atomic mass is 10.1. The van der Waals surface area contributed by atoms with E-state index in [0.717, 1.165) is 25.3 Å². The summed E-state index contributed by atoms with van der Waals surface area (Å²) in [6.07, 6.45) is -1.66. The van der Waals surface area contributed by atoms with E-state index >= 15 is 0 Å². The highest BCUT2D eigenvalue weighted by Gasteiger charge is 2.33. The van der Waals surface area contributed by atoms with Crippen LogP contribution in [0, 0.1) is 11.3 Å². The van der Waals surface area contributed by atoms with Gasteiger partial charge < -0.3 is 10.1 Å². The highest BCUT2D eigenvalue weighted by atomic mass is 19.4. The Balaban J connectivity index is 2.13. The first kappa shape index (κ1) is 14.7. The topological polar surface area (TPSA) is 45.0 Å². The zero-order valence-corrected chi connectivity index (χ0v) is 11.0. The Morgan fingerprint density at radius 2 is 2.10 bits per heavy atom. The standard InChI is InChI=1S/C14H15F3N2O/c1-20-12-4-2-11(7-12)19-10-3-5-13(14(15,16)17)9(6-10)8-18/h3,5-6,11-12,19H,2,4,7H2,1H3. The van der Waals surface area contributed by atoms with Gasteiger partial charge in [-0.2, -0.15) is 18.4 Å². The van der Waals surface area contributed by atoms with E-state index in [-0.39, 0.29) is 17.7 Å². The van der Waals surface area contributed by atoms with E-state index in [9.17, 15) is 13.2 Å². The lowest BCUT2D eigenvalue weighted by Gasteiger charge is -2.16. The van der Waals surface area contributed by atoms with Gasteiger partial charge in [0, 0.05) is 18.8 Å². The van der Waals surface area contributed by atoms with E-state index in [1.165, 1.54) is 12.1 Å². The minimum atomic E-state index is -4.50. The lowest BCUT2D eigenvalue weighted by molar-refractivity contribution is -0.137. The van der Waals surface area contributed by atoms with Gasteiger partial charge in [0.1, 0.15) is 0 Å². The Morgan fingerprint density at radius 3 is 2.65 bits per heavy atom. The molecule has 1 aromatic carbocycles. The molecular formula is C14H15F3N2O. The van der Waals surface area contributed by atoms with Crippen LogP contribution in [0.3, 0.4) is 0 Å². The first-order valence-electron chi connectivity index (χ1n) is 6.34. The van der Waals surface area contributed by atoms with E-state index in [2.05, 4.69) is 5.32 Å². The van der Waals surface area contributed by atoms with Crippen LogP contribution >= 0.6 is 0 Å². The summed E-state index contributed by atoms with van der Waals surface area (Å²) in [6, 6.07) is 5.34. The summed E-state index contributed by atoms with van der Waals surface area (Å²) in [5, 5.41) is 12.0. The second kappa shape index (κ2) is 5.71. The Labute approximate surface area is 115 Å². The molecule has 0 saturated heterocycles. The molecule has 0 heterocycles. The van der Waals surface area contributed by atoms with Crippen molar-refractivity contribution >= 4 is 5.69 Å². The van der Waals surface area contributed by atoms with Crippen molar-refractivity contribution in [2.24, 2.45) is 0 Å². The Kier molecular flexibility index (Phi) is 4.19. The van der Waals surface area contributed by atoms with Crippen molar-refractivity contribution in [3.05, 3.63) is 29.3 Å². The van der Waals surface area contributed by atoms with E-state index < -0.39 is 11.7 Å². The number of ether oxygens (including phenoxy) is 1. The maximum atomic E-state index is 12.7. The van der Waals surface area contributed by atoms with Gasteiger partial charge >= 0.3 is 6.18 Å². The number of hydrogen-bond acceptors (Lipinski definition) is 3. The van der Waals surface area contributed by atoms with Gasteiger partial charge in [0.25, 0.3) is 0 Å². The Bertz CT molecular complexity index is 522. The molecular weight excluding hydrogens is 269 g/mol. The molecule has 1 aliphatic rings. The molecule has 0 spiro atoms. The van der Waals surface area contributed by atoms with Gasteiger partial charge in [0.2, 0.25) is 0 Å². The second-order valence-corrected chi connectivity index (χ2v) is 4.88. The molecule has 0 amide bonds. The minimum absolute atomic E-state index is 0.170. The molecule has 1 N–H and O–H groups in total. The van der Waals surface area contributed by atoms with E-state index in [4.69, 9.17) is 10.00 Å². The maximum absolute atomic E-state index is 12.7. The lowest BCUT2D eigenvalue weighted by Crippen LogP contribution is -2.17. The monoisotopic (exact) mass is 284 g/mol. The largest absolute Gasteiger partial charge is 0.417 e. The van der Waals surface area contributed by atoms with Crippen LogP contribution in [0.2, 0.25) is 0 Å². The van der Waals surface area contributed by atoms with Gasteiger partial charge in [-0.05, 0) is 37.5 Å². The fraction of sp³-hybridized carbons (Fsp3) is 0.500. The SMILES string of the molecule is COC1CCC(Nc2ccc(C(F)(F)F)c(C#N)c2)C1. The number of halogens is 3. The van der Waals surface area contributed by atoms with Crippen molar-refractivity contribution in [3.63, 3.8) is 0 Å². The molecule has 20 heavy (non-hydrogen) atoms. The highest BCUT2D eigenvalue weighted by Crippen LogP contribution is 2.33. The van der Waals surface area contributed by atoms with Crippen molar-refractivity contribution in [1.82, 2.24) is 0 Å². The molecule has 2 atom stereocenters. The number of rotatable bonds is 3. The molecule has 0 bridgehead atoms. The normalized spacial score (nSPS) is 22.6. The third-order valence-electron chi connectivity index (χ3n) is 3.53. The van der Waals surface area contributed by atoms with Crippen molar-refractivity contribution in [1.29, 1.82) is 5.26 Å². The Morgan fingerprint density at radius 1 is 1.35 bits per heavy atom. The molecule has 1 aromatic rings. The molecule has 2 rings (SSSR count). The molecule has 2 unspecified atom stereocenters. The summed E-state index contributed by atoms with van der Waals surface area (Å²) in [7, 11) is 1.65. The summed E-state index contributed by atoms with van der Waals surface area (Å²) >= 11 is 0. The molecule has 1 aliphatic carbocycles. The zero-order chi connectivity index (χ0) is 14.8. The van der Waals surface area contributed by atoms with Crippen LogP contribution in [0.15, 0.2) is 18.2 Å². The average Bonchev–Trinajstić information content (AvgIpc) is 2.85. The highest BCUT2D eigenvalue weighted by molar-refractivity contribution is 5.54. The van der Waals surface area contributed by atoms with Gasteiger partial charge in [0.15, 0.2) is 0 Å². The molecule has 6 heteroatoms. The summed E-state index contributed by atoms with van der Waals surface area (Å²) in [5.74, 6) is 0. The first-order chi connectivity index (χ1) is 9.44. The summed E-state index contributed by atoms with van der Waals surface area (Å²) in [6.45, 7) is 0. The van der Waals surface area contributed by atoms with Crippen LogP contribution in [0.25, 0.3) is 0 Å². The predicted molar refractivity (Wildman–Crippen MR) is 68.2 cm³/mol. The van der Waals surface area contributed by atoms with Gasteiger partial charge in [-0.25, -0.2) is 0 Å². The number of nitrogens with zero attached hydrogens (tertiary/aromatic N) is 1. The van der Waals surface area contributed by atoms with Crippen LogP contribution in [0.4, 0.5) is 18.9 Å². The zero-order valence-electron chi connectivity index (χ0n) is 11.0. The Hall–Kier alpha value is -1.74.